The molecule has 8 heteroatoms. The summed E-state index contributed by atoms with van der Waals surface area (Å²) in [4.78, 5) is 32.4. The van der Waals surface area contributed by atoms with E-state index in [0.29, 0.717) is 21.1 Å². The summed E-state index contributed by atoms with van der Waals surface area (Å²) < 4.78 is 0. The van der Waals surface area contributed by atoms with Gasteiger partial charge in [-0.1, -0.05) is 12.8 Å². The lowest BCUT2D eigenvalue weighted by Crippen LogP contribution is -2.17. The molecular weight excluding hydrogens is 416 g/mol. The fourth-order valence-electron chi connectivity index (χ4n) is 4.59. The molecule has 0 bridgehead atoms. The molecule has 30 heavy (non-hydrogen) atoms. The van der Waals surface area contributed by atoms with E-state index in [9.17, 15) is 9.59 Å². The average molecular weight is 441 g/mol. The topological polar surface area (TPSA) is 111 Å². The molecule has 0 aromatic carbocycles. The van der Waals surface area contributed by atoms with Crippen LogP contribution < -0.4 is 16.8 Å². The average Bonchev–Trinajstić information content (AvgIpc) is 3.34. The largest absolute Gasteiger partial charge is 0.397 e. The Morgan fingerprint density at radius 2 is 1.80 bits per heavy atom. The van der Waals surface area contributed by atoms with Crippen LogP contribution in [0.25, 0.3) is 10.2 Å². The van der Waals surface area contributed by atoms with Gasteiger partial charge >= 0.3 is 0 Å². The van der Waals surface area contributed by atoms with Gasteiger partial charge in [-0.2, -0.15) is 0 Å². The van der Waals surface area contributed by atoms with Gasteiger partial charge in [0.15, 0.2) is 0 Å². The van der Waals surface area contributed by atoms with E-state index in [1.54, 1.807) is 0 Å². The summed E-state index contributed by atoms with van der Waals surface area (Å²) >= 11 is 2.77. The maximum Gasteiger partial charge on any atom is 0.268 e. The summed E-state index contributed by atoms with van der Waals surface area (Å²) in [5.41, 5.74) is 16.3. The zero-order valence-electron chi connectivity index (χ0n) is 16.7. The lowest BCUT2D eigenvalue weighted by molar-refractivity contribution is 0.100. The molecule has 2 aliphatic carbocycles. The van der Waals surface area contributed by atoms with Crippen LogP contribution in [0.3, 0.4) is 0 Å². The van der Waals surface area contributed by atoms with Crippen LogP contribution in [0.15, 0.2) is 6.07 Å². The van der Waals surface area contributed by atoms with E-state index in [1.165, 1.54) is 41.1 Å². The Morgan fingerprint density at radius 1 is 1.00 bits per heavy atom. The molecule has 0 radical (unpaired) electrons. The summed E-state index contributed by atoms with van der Waals surface area (Å²) in [6, 6.07) is 2.13. The Balaban J connectivity index is 1.50. The summed E-state index contributed by atoms with van der Waals surface area (Å²) in [7, 11) is 0. The van der Waals surface area contributed by atoms with E-state index in [-0.39, 0.29) is 5.91 Å². The van der Waals surface area contributed by atoms with Crippen LogP contribution in [0.5, 0.6) is 0 Å². The number of nitrogens with zero attached hydrogens (tertiary/aromatic N) is 1. The van der Waals surface area contributed by atoms with Gasteiger partial charge in [-0.05, 0) is 62.1 Å². The second-order valence-corrected chi connectivity index (χ2v) is 10.2. The van der Waals surface area contributed by atoms with E-state index in [4.69, 9.17) is 16.5 Å². The molecule has 0 fully saturated rings. The van der Waals surface area contributed by atoms with Crippen molar-refractivity contribution in [1.82, 2.24) is 4.98 Å². The third-order valence-corrected chi connectivity index (χ3v) is 8.42. The predicted octanol–water partition coefficient (Wildman–Crippen LogP) is 4.44. The fraction of sp³-hybridized carbons (Fsp3) is 0.409. The molecule has 0 aliphatic heterocycles. The molecule has 156 valence electrons. The maximum atomic E-state index is 13.1. The second-order valence-electron chi connectivity index (χ2n) is 8.09. The molecular formula is C22H24N4O2S2. The van der Waals surface area contributed by atoms with E-state index >= 15 is 0 Å². The van der Waals surface area contributed by atoms with Crippen molar-refractivity contribution in [3.8, 4) is 0 Å². The van der Waals surface area contributed by atoms with Crippen LogP contribution in [0.2, 0.25) is 0 Å². The first-order chi connectivity index (χ1) is 14.5. The van der Waals surface area contributed by atoms with Gasteiger partial charge in [-0.15, -0.1) is 22.7 Å². The van der Waals surface area contributed by atoms with Crippen LogP contribution in [0.4, 0.5) is 10.7 Å². The lowest BCUT2D eigenvalue weighted by atomic mass is 9.96. The Kier molecular flexibility index (Phi) is 4.99. The van der Waals surface area contributed by atoms with E-state index < -0.39 is 5.91 Å². The van der Waals surface area contributed by atoms with Crippen molar-refractivity contribution >= 4 is 55.4 Å². The van der Waals surface area contributed by atoms with Gasteiger partial charge in [0.25, 0.3) is 11.8 Å². The number of carbonyl (C=O) groups is 2. The summed E-state index contributed by atoms with van der Waals surface area (Å²) in [6.45, 7) is 0. The van der Waals surface area contributed by atoms with Gasteiger partial charge in [-0.3, -0.25) is 9.59 Å². The monoisotopic (exact) mass is 440 g/mol. The molecule has 3 aromatic heterocycles. The van der Waals surface area contributed by atoms with Gasteiger partial charge in [0, 0.05) is 16.0 Å². The molecule has 2 amide bonds. The highest BCUT2D eigenvalue weighted by molar-refractivity contribution is 7.21. The minimum absolute atomic E-state index is 0.301. The number of nitrogens with two attached hydrogens (primary N) is 2. The van der Waals surface area contributed by atoms with E-state index in [0.717, 1.165) is 71.3 Å². The minimum atomic E-state index is -0.490. The Hall–Kier alpha value is -2.45. The van der Waals surface area contributed by atoms with Crippen molar-refractivity contribution in [3.63, 3.8) is 0 Å². The number of rotatable bonds is 3. The molecule has 0 spiro atoms. The summed E-state index contributed by atoms with van der Waals surface area (Å²) in [6.07, 6.45) is 9.58. The number of pyridine rings is 1. The summed E-state index contributed by atoms with van der Waals surface area (Å²) in [5.74, 6) is -0.791. The number of nitrogen functional groups attached to an aromatic ring is 1. The number of nitrogens with one attached hydrogen (secondary N) is 1. The molecule has 0 atom stereocenters. The van der Waals surface area contributed by atoms with Crippen LogP contribution in [-0.4, -0.2) is 16.8 Å². The number of hydrogen-bond donors (Lipinski definition) is 3. The zero-order valence-corrected chi connectivity index (χ0v) is 18.3. The smallest absolute Gasteiger partial charge is 0.268 e. The van der Waals surface area contributed by atoms with Gasteiger partial charge in [-0.25, -0.2) is 4.98 Å². The highest BCUT2D eigenvalue weighted by Gasteiger charge is 2.27. The molecule has 5 N–H and O–H groups in total. The van der Waals surface area contributed by atoms with Crippen LogP contribution in [0.1, 0.15) is 73.8 Å². The predicted molar refractivity (Wildman–Crippen MR) is 123 cm³/mol. The van der Waals surface area contributed by atoms with Crippen molar-refractivity contribution < 1.29 is 9.59 Å². The van der Waals surface area contributed by atoms with Crippen molar-refractivity contribution in [1.29, 1.82) is 0 Å². The molecule has 5 rings (SSSR count). The number of hydrogen-bond acceptors (Lipinski definition) is 6. The van der Waals surface area contributed by atoms with Crippen molar-refractivity contribution in [2.75, 3.05) is 11.1 Å². The first-order valence-electron chi connectivity index (χ1n) is 10.5. The van der Waals surface area contributed by atoms with Gasteiger partial charge in [0.05, 0.1) is 11.3 Å². The third kappa shape index (κ3) is 3.28. The number of amides is 2. The normalized spacial score (nSPS) is 16.0. The Morgan fingerprint density at radius 3 is 2.60 bits per heavy atom. The van der Waals surface area contributed by atoms with Crippen molar-refractivity contribution in [3.05, 3.63) is 38.2 Å². The van der Waals surface area contributed by atoms with Crippen LogP contribution in [-0.2, 0) is 25.7 Å². The molecule has 0 saturated carbocycles. The summed E-state index contributed by atoms with van der Waals surface area (Å²) in [5, 5.41) is 4.30. The number of primary amides is 1. The Labute approximate surface area is 182 Å². The minimum Gasteiger partial charge on any atom is -0.397 e. The number of thiophene rings is 2. The number of aryl methyl sites for hydroxylation is 3. The molecule has 3 aromatic rings. The fourth-order valence-corrected chi connectivity index (χ4v) is 6.88. The molecule has 2 aliphatic rings. The number of fused-ring (bicyclic) bond motifs is 3. The van der Waals surface area contributed by atoms with Gasteiger partial charge in [0.2, 0.25) is 0 Å². The van der Waals surface area contributed by atoms with Crippen molar-refractivity contribution in [2.24, 2.45) is 5.73 Å². The zero-order chi connectivity index (χ0) is 20.8. The van der Waals surface area contributed by atoms with Gasteiger partial charge < -0.3 is 16.8 Å². The molecule has 0 unspecified atom stereocenters. The number of anilines is 2. The second kappa shape index (κ2) is 7.67. The highest BCUT2D eigenvalue weighted by Crippen LogP contribution is 2.40. The highest BCUT2D eigenvalue weighted by atomic mass is 32.1. The van der Waals surface area contributed by atoms with Crippen molar-refractivity contribution in [2.45, 2.75) is 57.8 Å². The number of aromatic nitrogens is 1. The van der Waals surface area contributed by atoms with E-state index in [2.05, 4.69) is 11.4 Å². The lowest BCUT2D eigenvalue weighted by Gasteiger charge is -2.12. The SMILES string of the molecule is NC(=O)c1c(NC(=O)c2sc3nc4c(cc3c2N)CCCCCC4)sc2c1CCC2. The molecule has 6 nitrogen and oxygen atoms in total. The van der Waals surface area contributed by atoms with E-state index in [1.807, 2.05) is 0 Å². The van der Waals surface area contributed by atoms with Crippen LogP contribution in [0, 0.1) is 0 Å². The Bertz CT molecular complexity index is 1180. The first kappa shape index (κ1) is 19.5. The quantitative estimate of drug-likeness (QED) is 0.559. The van der Waals surface area contributed by atoms with Gasteiger partial charge in [0.1, 0.15) is 14.7 Å². The van der Waals surface area contributed by atoms with Crippen LogP contribution >= 0.6 is 22.7 Å². The maximum absolute atomic E-state index is 13.1. The third-order valence-electron chi connectivity index (χ3n) is 6.10. The molecule has 3 heterocycles. The standard InChI is InChI=1S/C22H24N4O2S2/c23-17-13-10-11-6-3-1-2-4-8-14(11)25-21(13)30-18(17)20(28)26-22-16(19(24)27)12-7-5-9-15(12)29-22/h10H,1-9,23H2,(H2,24,27)(H,26,28). The number of carbonyl (C=O) groups excluding carboxylic acids is 2. The first-order valence-corrected chi connectivity index (χ1v) is 12.1. The molecule has 0 saturated heterocycles.